The van der Waals surface area contributed by atoms with Crippen LogP contribution in [-0.2, 0) is 14.8 Å². The largest absolute Gasteiger partial charge is 0.329 e. The first kappa shape index (κ1) is 21.9. The predicted molar refractivity (Wildman–Crippen MR) is 102 cm³/mol. The quantitative estimate of drug-likeness (QED) is 0.696. The summed E-state index contributed by atoms with van der Waals surface area (Å²) in [6.07, 6.45) is 7.59. The number of sulfonamides is 1. The van der Waals surface area contributed by atoms with Crippen molar-refractivity contribution in [2.45, 2.75) is 49.8 Å². The van der Waals surface area contributed by atoms with Gasteiger partial charge in [0, 0.05) is 24.7 Å². The molecule has 0 atom stereocenters. The first-order valence-corrected chi connectivity index (χ1v) is 10.1. The molecule has 0 aliphatic heterocycles. The molecule has 1 fully saturated rings. The van der Waals surface area contributed by atoms with Crippen molar-refractivity contribution in [3.63, 3.8) is 0 Å². The van der Waals surface area contributed by atoms with Crippen molar-refractivity contribution in [1.29, 1.82) is 0 Å². The van der Waals surface area contributed by atoms with E-state index in [9.17, 15) is 13.2 Å². The molecule has 4 N–H and O–H groups in total. The fourth-order valence-corrected chi connectivity index (χ4v) is 4.07. The number of nitrogens with two attached hydrogens (primary N) is 1. The smallest absolute Gasteiger partial charge is 0.240 e. The van der Waals surface area contributed by atoms with Gasteiger partial charge in [0.2, 0.25) is 15.9 Å². The van der Waals surface area contributed by atoms with Gasteiger partial charge in [-0.15, -0.1) is 12.4 Å². The standard InChI is InChI=1S/C17H27N3O3S.ClH/c18-11-12-19-24(22,23)16-10-6-9-15(13-16)20-17(21)14-7-4-2-1-3-5-8-14;/h6,9-10,13-14,19H,1-5,7-8,11-12,18H2,(H,20,21);1H. The molecule has 25 heavy (non-hydrogen) atoms. The van der Waals surface area contributed by atoms with Gasteiger partial charge < -0.3 is 11.1 Å². The van der Waals surface area contributed by atoms with Gasteiger partial charge in [-0.2, -0.15) is 0 Å². The van der Waals surface area contributed by atoms with Crippen LogP contribution in [0.5, 0.6) is 0 Å². The van der Waals surface area contributed by atoms with Crippen LogP contribution in [0.1, 0.15) is 44.9 Å². The monoisotopic (exact) mass is 389 g/mol. The van der Waals surface area contributed by atoms with Gasteiger partial charge in [0.1, 0.15) is 0 Å². The first-order valence-electron chi connectivity index (χ1n) is 8.63. The summed E-state index contributed by atoms with van der Waals surface area (Å²) in [7, 11) is -3.60. The number of rotatable bonds is 6. The number of benzene rings is 1. The van der Waals surface area contributed by atoms with E-state index in [4.69, 9.17) is 5.73 Å². The van der Waals surface area contributed by atoms with Crippen LogP contribution in [0.15, 0.2) is 29.2 Å². The molecule has 6 nitrogen and oxygen atoms in total. The number of carbonyl (C=O) groups excluding carboxylic acids is 1. The lowest BCUT2D eigenvalue weighted by Crippen LogP contribution is -2.29. The van der Waals surface area contributed by atoms with Gasteiger partial charge in [-0.25, -0.2) is 13.1 Å². The van der Waals surface area contributed by atoms with Crippen LogP contribution < -0.4 is 15.8 Å². The number of amides is 1. The normalized spacial score (nSPS) is 16.4. The summed E-state index contributed by atoms with van der Waals surface area (Å²) in [6.45, 7) is 0.415. The molecule has 0 heterocycles. The molecule has 0 saturated heterocycles. The topological polar surface area (TPSA) is 101 Å². The third-order valence-electron chi connectivity index (χ3n) is 4.32. The van der Waals surface area contributed by atoms with Crippen LogP contribution in [0, 0.1) is 5.92 Å². The highest BCUT2D eigenvalue weighted by Crippen LogP contribution is 2.24. The fraction of sp³-hybridized carbons (Fsp3) is 0.588. The maximum absolute atomic E-state index is 12.5. The van der Waals surface area contributed by atoms with Gasteiger partial charge in [0.25, 0.3) is 0 Å². The van der Waals surface area contributed by atoms with Gasteiger partial charge in [0.15, 0.2) is 0 Å². The van der Waals surface area contributed by atoms with Gasteiger partial charge >= 0.3 is 0 Å². The molecule has 0 spiro atoms. The summed E-state index contributed by atoms with van der Waals surface area (Å²) in [5, 5.41) is 2.87. The van der Waals surface area contributed by atoms with Crippen LogP contribution in [0.3, 0.4) is 0 Å². The van der Waals surface area contributed by atoms with Gasteiger partial charge in [-0.1, -0.05) is 38.2 Å². The lowest BCUT2D eigenvalue weighted by Gasteiger charge is -2.19. The molecule has 1 aliphatic rings. The second-order valence-electron chi connectivity index (χ2n) is 6.25. The Kier molecular flexibility index (Phi) is 9.42. The second kappa shape index (κ2) is 10.8. The number of anilines is 1. The van der Waals surface area contributed by atoms with E-state index in [2.05, 4.69) is 10.0 Å². The molecule has 0 unspecified atom stereocenters. The fourth-order valence-electron chi connectivity index (χ4n) is 2.98. The second-order valence-corrected chi connectivity index (χ2v) is 8.01. The molecule has 1 amide bonds. The Bertz CT molecular complexity index is 644. The van der Waals surface area contributed by atoms with E-state index in [1.807, 2.05) is 0 Å². The van der Waals surface area contributed by atoms with Crippen molar-refractivity contribution in [2.75, 3.05) is 18.4 Å². The summed E-state index contributed by atoms with van der Waals surface area (Å²) >= 11 is 0. The highest BCUT2D eigenvalue weighted by molar-refractivity contribution is 7.89. The van der Waals surface area contributed by atoms with E-state index in [1.54, 1.807) is 12.1 Å². The Morgan fingerprint density at radius 1 is 1.12 bits per heavy atom. The van der Waals surface area contributed by atoms with Crippen molar-refractivity contribution in [1.82, 2.24) is 4.72 Å². The molecule has 0 radical (unpaired) electrons. The zero-order valence-electron chi connectivity index (χ0n) is 14.4. The van der Waals surface area contributed by atoms with E-state index in [-0.39, 0.29) is 42.2 Å². The van der Waals surface area contributed by atoms with E-state index >= 15 is 0 Å². The van der Waals surface area contributed by atoms with Crippen molar-refractivity contribution < 1.29 is 13.2 Å². The van der Waals surface area contributed by atoms with Crippen LogP contribution >= 0.6 is 12.4 Å². The summed E-state index contributed by atoms with van der Waals surface area (Å²) in [5.74, 6) is 0.00212. The minimum Gasteiger partial charge on any atom is -0.329 e. The summed E-state index contributed by atoms with van der Waals surface area (Å²) in [6, 6.07) is 6.33. The molecule has 1 aromatic rings. The minimum absolute atomic E-state index is 0. The highest BCUT2D eigenvalue weighted by atomic mass is 35.5. The Labute approximate surface area is 156 Å². The van der Waals surface area contributed by atoms with Gasteiger partial charge in [0.05, 0.1) is 4.90 Å². The Morgan fingerprint density at radius 3 is 2.40 bits per heavy atom. The van der Waals surface area contributed by atoms with Gasteiger partial charge in [-0.05, 0) is 31.0 Å². The first-order chi connectivity index (χ1) is 11.5. The Balaban J connectivity index is 0.00000312. The number of nitrogens with one attached hydrogen (secondary N) is 2. The molecule has 8 heteroatoms. The number of hydrogen-bond donors (Lipinski definition) is 3. The Hall–Kier alpha value is -1.15. The molecule has 0 bridgehead atoms. The SMILES string of the molecule is Cl.NCCNS(=O)(=O)c1cccc(NC(=O)C2CCCCCCC2)c1. The number of halogens is 1. The Morgan fingerprint density at radius 2 is 1.76 bits per heavy atom. The van der Waals surface area contributed by atoms with Crippen LogP contribution in [-0.4, -0.2) is 27.4 Å². The van der Waals surface area contributed by atoms with Gasteiger partial charge in [-0.3, -0.25) is 4.79 Å². The van der Waals surface area contributed by atoms with E-state index < -0.39 is 10.0 Å². The summed E-state index contributed by atoms with van der Waals surface area (Å²) in [4.78, 5) is 12.6. The van der Waals surface area contributed by atoms with Crippen LogP contribution in [0.4, 0.5) is 5.69 Å². The van der Waals surface area contributed by atoms with Crippen molar-refractivity contribution in [3.8, 4) is 0 Å². The maximum Gasteiger partial charge on any atom is 0.240 e. The van der Waals surface area contributed by atoms with Crippen molar-refractivity contribution >= 4 is 34.0 Å². The molecule has 1 aliphatic carbocycles. The van der Waals surface area contributed by atoms with E-state index in [0.717, 1.165) is 25.7 Å². The summed E-state index contributed by atoms with van der Waals surface area (Å²) in [5.41, 5.74) is 5.84. The zero-order chi connectivity index (χ0) is 17.4. The molecule has 1 aromatic carbocycles. The molecule has 1 saturated carbocycles. The number of hydrogen-bond acceptors (Lipinski definition) is 4. The van der Waals surface area contributed by atoms with Crippen LogP contribution in [0.25, 0.3) is 0 Å². The summed E-state index contributed by atoms with van der Waals surface area (Å²) < 4.78 is 26.7. The number of carbonyl (C=O) groups is 1. The zero-order valence-corrected chi connectivity index (χ0v) is 16.0. The van der Waals surface area contributed by atoms with Crippen molar-refractivity contribution in [2.24, 2.45) is 11.7 Å². The predicted octanol–water partition coefficient (Wildman–Crippen LogP) is 2.64. The third-order valence-corrected chi connectivity index (χ3v) is 5.78. The highest BCUT2D eigenvalue weighted by Gasteiger charge is 2.20. The average Bonchev–Trinajstić information content (AvgIpc) is 2.53. The lowest BCUT2D eigenvalue weighted by atomic mass is 9.90. The maximum atomic E-state index is 12.5. The third kappa shape index (κ3) is 6.93. The minimum atomic E-state index is -3.60. The lowest BCUT2D eigenvalue weighted by molar-refractivity contribution is -0.120. The van der Waals surface area contributed by atoms with E-state index in [0.29, 0.717) is 5.69 Å². The van der Waals surface area contributed by atoms with Crippen LogP contribution in [0.2, 0.25) is 0 Å². The molecule has 0 aromatic heterocycles. The average molecular weight is 390 g/mol. The molecule has 2 rings (SSSR count). The molecule has 142 valence electrons. The van der Waals surface area contributed by atoms with Crippen molar-refractivity contribution in [3.05, 3.63) is 24.3 Å². The molecular weight excluding hydrogens is 362 g/mol. The van der Waals surface area contributed by atoms with E-state index in [1.165, 1.54) is 31.4 Å². The molecular formula is C17H28ClN3O3S.